The van der Waals surface area contributed by atoms with Gasteiger partial charge in [-0.2, -0.15) is 0 Å². The number of piperidine rings is 1. The standard InChI is InChI=1S/C19H27FN2O3/c1-2-25-19(24)13-17(15-4-6-16(20)7-5-15)22-18(23)8-3-14-9-11-21-12-10-14/h4-7,14,17,21H,2-3,8-13H2,1H3,(H,22,23). The third-order valence-electron chi connectivity index (χ3n) is 4.52. The van der Waals surface area contributed by atoms with Gasteiger partial charge in [-0.1, -0.05) is 12.1 Å². The Balaban J connectivity index is 1.92. The minimum atomic E-state index is -0.500. The molecule has 1 atom stereocenters. The zero-order valence-electron chi connectivity index (χ0n) is 14.7. The molecule has 1 aliphatic heterocycles. The molecule has 6 heteroatoms. The van der Waals surface area contributed by atoms with Crippen molar-refractivity contribution in [3.63, 3.8) is 0 Å². The molecule has 0 radical (unpaired) electrons. The first-order valence-corrected chi connectivity index (χ1v) is 8.99. The first kappa shape index (κ1) is 19.4. The van der Waals surface area contributed by atoms with Gasteiger partial charge in [0.05, 0.1) is 19.1 Å². The van der Waals surface area contributed by atoms with Crippen LogP contribution in [0, 0.1) is 11.7 Å². The number of hydrogen-bond donors (Lipinski definition) is 2. The number of carbonyl (C=O) groups excluding carboxylic acids is 2. The number of carbonyl (C=O) groups is 2. The van der Waals surface area contributed by atoms with Crippen LogP contribution >= 0.6 is 0 Å². The van der Waals surface area contributed by atoms with E-state index in [-0.39, 0.29) is 24.1 Å². The number of ether oxygens (including phenoxy) is 1. The molecule has 1 aliphatic rings. The van der Waals surface area contributed by atoms with E-state index >= 15 is 0 Å². The van der Waals surface area contributed by atoms with Crippen LogP contribution in [0.5, 0.6) is 0 Å². The Morgan fingerprint density at radius 1 is 1.28 bits per heavy atom. The second-order valence-corrected chi connectivity index (χ2v) is 6.41. The van der Waals surface area contributed by atoms with Crippen LogP contribution in [0.2, 0.25) is 0 Å². The Bertz CT molecular complexity index is 556. The van der Waals surface area contributed by atoms with E-state index in [0.29, 0.717) is 24.5 Å². The highest BCUT2D eigenvalue weighted by Crippen LogP contribution is 2.21. The smallest absolute Gasteiger partial charge is 0.308 e. The average molecular weight is 350 g/mol. The summed E-state index contributed by atoms with van der Waals surface area (Å²) in [7, 11) is 0. The topological polar surface area (TPSA) is 67.4 Å². The molecule has 1 amide bonds. The quantitative estimate of drug-likeness (QED) is 0.708. The molecule has 5 nitrogen and oxygen atoms in total. The number of nitrogens with one attached hydrogen (secondary N) is 2. The van der Waals surface area contributed by atoms with Crippen LogP contribution in [0.4, 0.5) is 4.39 Å². The molecule has 138 valence electrons. The lowest BCUT2D eigenvalue weighted by atomic mass is 9.93. The van der Waals surface area contributed by atoms with Crippen molar-refractivity contribution in [2.75, 3.05) is 19.7 Å². The molecule has 0 spiro atoms. The molecule has 1 fully saturated rings. The predicted octanol–water partition coefficient (Wildman–Crippen LogP) is 2.72. The summed E-state index contributed by atoms with van der Waals surface area (Å²) in [6, 6.07) is 5.34. The van der Waals surface area contributed by atoms with Gasteiger partial charge >= 0.3 is 5.97 Å². The molecule has 1 aromatic rings. The monoisotopic (exact) mass is 350 g/mol. The van der Waals surface area contributed by atoms with Crippen LogP contribution in [0.25, 0.3) is 0 Å². The first-order chi connectivity index (χ1) is 12.1. The van der Waals surface area contributed by atoms with E-state index in [4.69, 9.17) is 4.74 Å². The van der Waals surface area contributed by atoms with Gasteiger partial charge in [0, 0.05) is 6.42 Å². The fourth-order valence-electron chi connectivity index (χ4n) is 3.11. The molecule has 2 rings (SSSR count). The van der Waals surface area contributed by atoms with Crippen LogP contribution in [-0.4, -0.2) is 31.6 Å². The van der Waals surface area contributed by atoms with Gasteiger partial charge in [-0.3, -0.25) is 9.59 Å². The Morgan fingerprint density at radius 3 is 2.60 bits per heavy atom. The molecule has 2 N–H and O–H groups in total. The van der Waals surface area contributed by atoms with Crippen LogP contribution in [-0.2, 0) is 14.3 Å². The van der Waals surface area contributed by atoms with Gasteiger partial charge in [0.25, 0.3) is 0 Å². The molecule has 0 bridgehead atoms. The summed E-state index contributed by atoms with van der Waals surface area (Å²) in [6.45, 7) is 4.04. The zero-order valence-corrected chi connectivity index (χ0v) is 14.7. The highest BCUT2D eigenvalue weighted by atomic mass is 19.1. The van der Waals surface area contributed by atoms with Gasteiger partial charge in [0.1, 0.15) is 5.82 Å². The highest BCUT2D eigenvalue weighted by molar-refractivity contribution is 5.78. The fraction of sp³-hybridized carbons (Fsp3) is 0.579. The van der Waals surface area contributed by atoms with Gasteiger partial charge in [-0.05, 0) is 62.9 Å². The summed E-state index contributed by atoms with van der Waals surface area (Å²) < 4.78 is 18.1. The minimum absolute atomic E-state index is 0.0402. The van der Waals surface area contributed by atoms with Crippen molar-refractivity contribution in [2.45, 2.75) is 45.1 Å². The second kappa shape index (κ2) is 10.1. The summed E-state index contributed by atoms with van der Waals surface area (Å²) in [5.74, 6) is -0.246. The van der Waals surface area contributed by atoms with E-state index in [9.17, 15) is 14.0 Å². The Labute approximate surface area is 148 Å². The molecule has 0 aromatic heterocycles. The van der Waals surface area contributed by atoms with E-state index < -0.39 is 6.04 Å². The van der Waals surface area contributed by atoms with E-state index in [2.05, 4.69) is 10.6 Å². The fourth-order valence-corrected chi connectivity index (χ4v) is 3.11. The summed E-state index contributed by atoms with van der Waals surface area (Å²) in [5.41, 5.74) is 0.699. The summed E-state index contributed by atoms with van der Waals surface area (Å²) in [5, 5.41) is 6.22. The molecule has 1 saturated heterocycles. The summed E-state index contributed by atoms with van der Waals surface area (Å²) in [4.78, 5) is 24.1. The molecule has 25 heavy (non-hydrogen) atoms. The maximum Gasteiger partial charge on any atom is 0.308 e. The van der Waals surface area contributed by atoms with Crippen molar-refractivity contribution in [1.29, 1.82) is 0 Å². The lowest BCUT2D eigenvalue weighted by molar-refractivity contribution is -0.143. The largest absolute Gasteiger partial charge is 0.466 e. The SMILES string of the molecule is CCOC(=O)CC(NC(=O)CCC1CCNCC1)c1ccc(F)cc1. The maximum absolute atomic E-state index is 13.1. The van der Waals surface area contributed by atoms with E-state index in [1.165, 1.54) is 12.1 Å². The minimum Gasteiger partial charge on any atom is -0.466 e. The molecule has 1 aromatic carbocycles. The lowest BCUT2D eigenvalue weighted by Crippen LogP contribution is -2.32. The number of benzene rings is 1. The predicted molar refractivity (Wildman–Crippen MR) is 93.4 cm³/mol. The van der Waals surface area contributed by atoms with Crippen molar-refractivity contribution in [1.82, 2.24) is 10.6 Å². The number of amides is 1. The van der Waals surface area contributed by atoms with Gasteiger partial charge in [-0.25, -0.2) is 4.39 Å². The maximum atomic E-state index is 13.1. The zero-order chi connectivity index (χ0) is 18.1. The van der Waals surface area contributed by atoms with Crippen LogP contribution < -0.4 is 10.6 Å². The summed E-state index contributed by atoms with van der Waals surface area (Å²) in [6.07, 6.45) is 3.52. The number of esters is 1. The van der Waals surface area contributed by atoms with Gasteiger partial charge in [-0.15, -0.1) is 0 Å². The van der Waals surface area contributed by atoms with Crippen LogP contribution in [0.15, 0.2) is 24.3 Å². The van der Waals surface area contributed by atoms with E-state index in [1.54, 1.807) is 19.1 Å². The lowest BCUT2D eigenvalue weighted by Gasteiger charge is -2.23. The molecule has 1 heterocycles. The first-order valence-electron chi connectivity index (χ1n) is 8.99. The number of rotatable bonds is 8. The molecular weight excluding hydrogens is 323 g/mol. The number of hydrogen-bond acceptors (Lipinski definition) is 4. The van der Waals surface area contributed by atoms with Gasteiger partial charge in [0.15, 0.2) is 0 Å². The van der Waals surface area contributed by atoms with Gasteiger partial charge in [0.2, 0.25) is 5.91 Å². The summed E-state index contributed by atoms with van der Waals surface area (Å²) >= 11 is 0. The van der Waals surface area contributed by atoms with Crippen molar-refractivity contribution < 1.29 is 18.7 Å². The Kier molecular flexibility index (Phi) is 7.85. The third-order valence-corrected chi connectivity index (χ3v) is 4.52. The molecular formula is C19H27FN2O3. The van der Waals surface area contributed by atoms with Crippen molar-refractivity contribution >= 4 is 11.9 Å². The van der Waals surface area contributed by atoms with Gasteiger partial charge < -0.3 is 15.4 Å². The van der Waals surface area contributed by atoms with Crippen LogP contribution in [0.3, 0.4) is 0 Å². The average Bonchev–Trinajstić information content (AvgIpc) is 2.61. The number of halogens is 1. The van der Waals surface area contributed by atoms with Crippen molar-refractivity contribution in [3.05, 3.63) is 35.6 Å². The molecule has 0 aliphatic carbocycles. The molecule has 0 saturated carbocycles. The van der Waals surface area contributed by atoms with Crippen LogP contribution in [0.1, 0.15) is 50.6 Å². The Morgan fingerprint density at radius 2 is 1.96 bits per heavy atom. The highest BCUT2D eigenvalue weighted by Gasteiger charge is 2.20. The van der Waals surface area contributed by atoms with Crippen molar-refractivity contribution in [2.24, 2.45) is 5.92 Å². The van der Waals surface area contributed by atoms with Crippen molar-refractivity contribution in [3.8, 4) is 0 Å². The normalized spacial score (nSPS) is 16.2. The van der Waals surface area contributed by atoms with E-state index in [1.807, 2.05) is 0 Å². The third kappa shape index (κ3) is 6.82. The van der Waals surface area contributed by atoms with E-state index in [0.717, 1.165) is 32.4 Å². The Hall–Kier alpha value is -1.95. The molecule has 1 unspecified atom stereocenters. The second-order valence-electron chi connectivity index (χ2n) is 6.41.